The van der Waals surface area contributed by atoms with Gasteiger partial charge >= 0.3 is 0 Å². The van der Waals surface area contributed by atoms with Crippen LogP contribution in [-0.2, 0) is 0 Å². The van der Waals surface area contributed by atoms with Crippen molar-refractivity contribution in [1.82, 2.24) is 10.3 Å². The average molecular weight is 167 g/mol. The molecule has 1 rings (SSSR count). The van der Waals surface area contributed by atoms with Crippen LogP contribution in [-0.4, -0.2) is 10.9 Å². The number of carbonyl (C=O) groups is 1. The fraction of sp³-hybridized carbons (Fsp3) is 0.167. The van der Waals surface area contributed by atoms with Crippen molar-refractivity contribution in [2.75, 3.05) is 0 Å². The van der Waals surface area contributed by atoms with E-state index in [1.807, 2.05) is 5.32 Å². The van der Waals surface area contributed by atoms with E-state index in [9.17, 15) is 4.79 Å². The molecule has 0 saturated heterocycles. The molecule has 0 fully saturated rings. The minimum Gasteiger partial charge on any atom is -0.267 e. The van der Waals surface area contributed by atoms with E-state index in [0.29, 0.717) is 4.88 Å². The fourth-order valence-electron chi connectivity index (χ4n) is 0.579. The van der Waals surface area contributed by atoms with Crippen LogP contribution in [0.2, 0.25) is 0 Å². The second kappa shape index (κ2) is 3.12. The van der Waals surface area contributed by atoms with Crippen LogP contribution < -0.4 is 5.32 Å². The summed E-state index contributed by atoms with van der Waals surface area (Å²) in [6.07, 6.45) is 3.01. The number of aromatic nitrogens is 1. The van der Waals surface area contributed by atoms with Gasteiger partial charge in [-0.2, -0.15) is 5.26 Å². The summed E-state index contributed by atoms with van der Waals surface area (Å²) < 4.78 is 0. The standard InChI is InChI=1S/C6H5N3OS/c1-4-8-2-5(11-4)6(10)9-3-7/h2H,1H3,(H,9,10). The number of aryl methyl sites for hydroxylation is 1. The lowest BCUT2D eigenvalue weighted by atomic mass is 10.5. The SMILES string of the molecule is Cc1ncc(C(=O)NC#N)s1. The molecule has 1 heterocycles. The Morgan fingerprint density at radius 2 is 2.64 bits per heavy atom. The first kappa shape index (κ1) is 7.69. The van der Waals surface area contributed by atoms with Gasteiger partial charge in [-0.05, 0) is 6.92 Å². The van der Waals surface area contributed by atoms with Gasteiger partial charge in [0.1, 0.15) is 4.88 Å². The Kier molecular flexibility index (Phi) is 2.18. The smallest absolute Gasteiger partial charge is 0.267 e. The highest BCUT2D eigenvalue weighted by molar-refractivity contribution is 7.13. The number of nitriles is 1. The Bertz CT molecular complexity index is 312. The first-order valence-electron chi connectivity index (χ1n) is 2.86. The molecule has 0 radical (unpaired) electrons. The number of hydrogen-bond donors (Lipinski definition) is 1. The maximum atomic E-state index is 10.9. The van der Waals surface area contributed by atoms with Gasteiger partial charge in [0.2, 0.25) is 0 Å². The Morgan fingerprint density at radius 3 is 3.09 bits per heavy atom. The van der Waals surface area contributed by atoms with Crippen molar-refractivity contribution in [3.63, 3.8) is 0 Å². The summed E-state index contributed by atoms with van der Waals surface area (Å²) in [6, 6.07) is 0. The summed E-state index contributed by atoms with van der Waals surface area (Å²) in [5.74, 6) is -0.391. The summed E-state index contributed by atoms with van der Waals surface area (Å²) in [4.78, 5) is 15.2. The molecule has 0 bridgehead atoms. The highest BCUT2D eigenvalue weighted by Crippen LogP contribution is 2.10. The van der Waals surface area contributed by atoms with Crippen molar-refractivity contribution in [2.24, 2.45) is 0 Å². The van der Waals surface area contributed by atoms with Crippen LogP contribution in [0.25, 0.3) is 0 Å². The minimum absolute atomic E-state index is 0.391. The third-order valence-corrected chi connectivity index (χ3v) is 1.93. The van der Waals surface area contributed by atoms with E-state index in [0.717, 1.165) is 5.01 Å². The second-order valence-electron chi connectivity index (χ2n) is 1.81. The molecule has 56 valence electrons. The van der Waals surface area contributed by atoms with Gasteiger partial charge in [0, 0.05) is 0 Å². The third-order valence-electron chi connectivity index (χ3n) is 1.01. The summed E-state index contributed by atoms with van der Waals surface area (Å²) in [5, 5.41) is 10.9. The molecule has 5 heteroatoms. The van der Waals surface area contributed by atoms with E-state index >= 15 is 0 Å². The van der Waals surface area contributed by atoms with E-state index < -0.39 is 5.91 Å². The molecule has 1 amide bonds. The van der Waals surface area contributed by atoms with Crippen molar-refractivity contribution < 1.29 is 4.79 Å². The maximum Gasteiger partial charge on any atom is 0.275 e. The van der Waals surface area contributed by atoms with Gasteiger partial charge in [-0.15, -0.1) is 11.3 Å². The van der Waals surface area contributed by atoms with Gasteiger partial charge in [-0.1, -0.05) is 0 Å². The molecular formula is C6H5N3OS. The molecule has 0 aliphatic carbocycles. The predicted octanol–water partition coefficient (Wildman–Crippen LogP) is 0.662. The molecule has 0 unspecified atom stereocenters. The van der Waals surface area contributed by atoms with Crippen LogP contribution in [0.3, 0.4) is 0 Å². The molecule has 0 aliphatic rings. The van der Waals surface area contributed by atoms with Crippen molar-refractivity contribution >= 4 is 17.2 Å². The van der Waals surface area contributed by atoms with Gasteiger partial charge in [0.15, 0.2) is 6.19 Å². The topological polar surface area (TPSA) is 65.8 Å². The van der Waals surface area contributed by atoms with Crippen molar-refractivity contribution in [1.29, 1.82) is 5.26 Å². The van der Waals surface area contributed by atoms with E-state index in [4.69, 9.17) is 5.26 Å². The first-order chi connectivity index (χ1) is 5.24. The first-order valence-corrected chi connectivity index (χ1v) is 3.67. The zero-order chi connectivity index (χ0) is 8.27. The maximum absolute atomic E-state index is 10.9. The van der Waals surface area contributed by atoms with E-state index in [1.165, 1.54) is 17.5 Å². The summed E-state index contributed by atoms with van der Waals surface area (Å²) in [6.45, 7) is 1.80. The highest BCUT2D eigenvalue weighted by atomic mass is 32.1. The van der Waals surface area contributed by atoms with Gasteiger partial charge < -0.3 is 0 Å². The van der Waals surface area contributed by atoms with Gasteiger partial charge in [-0.25, -0.2) is 4.98 Å². The van der Waals surface area contributed by atoms with Crippen LogP contribution in [0.5, 0.6) is 0 Å². The Morgan fingerprint density at radius 1 is 1.91 bits per heavy atom. The molecule has 0 aliphatic heterocycles. The molecular weight excluding hydrogens is 162 g/mol. The number of nitrogens with zero attached hydrogens (tertiary/aromatic N) is 2. The quantitative estimate of drug-likeness (QED) is 0.493. The second-order valence-corrected chi connectivity index (χ2v) is 3.04. The Hall–Kier alpha value is -1.41. The Balaban J connectivity index is 2.78. The van der Waals surface area contributed by atoms with E-state index in [2.05, 4.69) is 4.98 Å². The highest BCUT2D eigenvalue weighted by Gasteiger charge is 2.06. The molecule has 4 nitrogen and oxygen atoms in total. The number of thiazole rings is 1. The lowest BCUT2D eigenvalue weighted by Gasteiger charge is -1.87. The lowest BCUT2D eigenvalue weighted by Crippen LogP contribution is -2.15. The lowest BCUT2D eigenvalue weighted by molar-refractivity contribution is 0.0976. The number of amides is 1. The van der Waals surface area contributed by atoms with Gasteiger partial charge in [-0.3, -0.25) is 10.1 Å². The minimum atomic E-state index is -0.391. The fourth-order valence-corrected chi connectivity index (χ4v) is 1.25. The van der Waals surface area contributed by atoms with E-state index in [-0.39, 0.29) is 0 Å². The van der Waals surface area contributed by atoms with Crippen LogP contribution in [0, 0.1) is 18.4 Å². The van der Waals surface area contributed by atoms with Crippen LogP contribution >= 0.6 is 11.3 Å². The number of nitrogens with one attached hydrogen (secondary N) is 1. The summed E-state index contributed by atoms with van der Waals surface area (Å²) in [5.41, 5.74) is 0. The third kappa shape index (κ3) is 1.75. The average Bonchev–Trinajstić information content (AvgIpc) is 2.36. The molecule has 1 N–H and O–H groups in total. The zero-order valence-corrected chi connectivity index (χ0v) is 6.60. The molecule has 1 aromatic rings. The summed E-state index contributed by atoms with van der Waals surface area (Å²) in [7, 11) is 0. The molecule has 0 aromatic carbocycles. The predicted molar refractivity (Wildman–Crippen MR) is 39.9 cm³/mol. The van der Waals surface area contributed by atoms with Crippen LogP contribution in [0.4, 0.5) is 0 Å². The van der Waals surface area contributed by atoms with Gasteiger partial charge in [0.25, 0.3) is 5.91 Å². The van der Waals surface area contributed by atoms with Crippen molar-refractivity contribution in [3.8, 4) is 6.19 Å². The molecule has 0 spiro atoms. The zero-order valence-electron chi connectivity index (χ0n) is 5.79. The number of carbonyl (C=O) groups excluding carboxylic acids is 1. The Labute approximate surface area is 67.5 Å². The normalized spacial score (nSPS) is 8.73. The van der Waals surface area contributed by atoms with Crippen molar-refractivity contribution in [2.45, 2.75) is 6.92 Å². The van der Waals surface area contributed by atoms with Crippen LogP contribution in [0.15, 0.2) is 6.20 Å². The van der Waals surface area contributed by atoms with Crippen molar-refractivity contribution in [3.05, 3.63) is 16.1 Å². The van der Waals surface area contributed by atoms with Gasteiger partial charge in [0.05, 0.1) is 11.2 Å². The largest absolute Gasteiger partial charge is 0.275 e. The van der Waals surface area contributed by atoms with Crippen LogP contribution in [0.1, 0.15) is 14.7 Å². The summed E-state index contributed by atoms with van der Waals surface area (Å²) >= 11 is 1.26. The van der Waals surface area contributed by atoms with E-state index in [1.54, 1.807) is 13.1 Å². The number of rotatable bonds is 1. The molecule has 1 aromatic heterocycles. The molecule has 0 saturated carbocycles. The number of hydrogen-bond acceptors (Lipinski definition) is 4. The molecule has 0 atom stereocenters. The monoisotopic (exact) mass is 167 g/mol. The molecule has 11 heavy (non-hydrogen) atoms.